The first-order valence-electron chi connectivity index (χ1n) is 6.04. The summed E-state index contributed by atoms with van der Waals surface area (Å²) in [5.41, 5.74) is 2.19. The average molecular weight is 356 g/mol. The van der Waals surface area contributed by atoms with E-state index in [9.17, 15) is 4.79 Å². The van der Waals surface area contributed by atoms with Gasteiger partial charge in [-0.3, -0.25) is 9.69 Å². The van der Waals surface area contributed by atoms with Crippen LogP contribution in [0.2, 0.25) is 0 Å². The van der Waals surface area contributed by atoms with E-state index in [1.807, 2.05) is 38.1 Å². The fraction of sp³-hybridized carbons (Fsp3) is 0.286. The summed E-state index contributed by atoms with van der Waals surface area (Å²) < 4.78 is 1.70. The summed E-state index contributed by atoms with van der Waals surface area (Å²) >= 11 is 10.1. The van der Waals surface area contributed by atoms with Gasteiger partial charge in [0.15, 0.2) is 0 Å². The number of benzene rings is 1. The molecule has 0 radical (unpaired) electrons. The Morgan fingerprint density at radius 3 is 2.84 bits per heavy atom. The van der Waals surface area contributed by atoms with Gasteiger partial charge in [0.2, 0.25) is 0 Å². The monoisotopic (exact) mass is 355 g/mol. The fourth-order valence-corrected chi connectivity index (χ4v) is 3.47. The molecule has 0 aliphatic carbocycles. The fourth-order valence-electron chi connectivity index (χ4n) is 1.77. The highest BCUT2D eigenvalue weighted by atomic mass is 79.9. The molecule has 0 unspecified atom stereocenters. The zero-order valence-corrected chi connectivity index (χ0v) is 14.0. The lowest BCUT2D eigenvalue weighted by molar-refractivity contribution is -0.122. The van der Waals surface area contributed by atoms with Crippen molar-refractivity contribution in [1.82, 2.24) is 4.90 Å². The van der Waals surface area contributed by atoms with Crippen LogP contribution in [0, 0.1) is 6.92 Å². The van der Waals surface area contributed by atoms with E-state index in [1.165, 1.54) is 17.3 Å². The second-order valence-corrected chi connectivity index (χ2v) is 6.87. The van der Waals surface area contributed by atoms with Gasteiger partial charge in [0, 0.05) is 11.0 Å². The van der Waals surface area contributed by atoms with Crippen LogP contribution < -0.4 is 0 Å². The van der Waals surface area contributed by atoms with Crippen LogP contribution >= 0.6 is 39.9 Å². The number of hydrogen-bond donors (Lipinski definition) is 0. The number of aryl methyl sites for hydroxylation is 1. The Kier molecular flexibility index (Phi) is 4.81. The number of nitrogens with zero attached hydrogens (tertiary/aromatic N) is 1. The second-order valence-electron chi connectivity index (χ2n) is 4.34. The zero-order chi connectivity index (χ0) is 14.0. The van der Waals surface area contributed by atoms with Crippen LogP contribution in [0.4, 0.5) is 0 Å². The van der Waals surface area contributed by atoms with E-state index >= 15 is 0 Å². The Morgan fingerprint density at radius 1 is 1.47 bits per heavy atom. The molecule has 19 heavy (non-hydrogen) atoms. The molecule has 1 aromatic carbocycles. The number of carbonyl (C=O) groups is 1. The van der Waals surface area contributed by atoms with Gasteiger partial charge in [0.05, 0.1) is 4.91 Å². The SMILES string of the molecule is CCCN1C(=O)/C(=C/c2ccc(C)c(Br)c2)SC1=S. The molecule has 1 aromatic rings. The van der Waals surface area contributed by atoms with Crippen molar-refractivity contribution in [2.45, 2.75) is 20.3 Å². The lowest BCUT2D eigenvalue weighted by Gasteiger charge is -2.11. The van der Waals surface area contributed by atoms with Gasteiger partial charge in [-0.25, -0.2) is 0 Å². The van der Waals surface area contributed by atoms with Gasteiger partial charge in [-0.15, -0.1) is 0 Å². The first-order valence-corrected chi connectivity index (χ1v) is 8.06. The Balaban J connectivity index is 2.27. The zero-order valence-electron chi connectivity index (χ0n) is 10.8. The number of rotatable bonds is 3. The molecule has 1 amide bonds. The summed E-state index contributed by atoms with van der Waals surface area (Å²) in [5.74, 6) is 0.0218. The van der Waals surface area contributed by atoms with Gasteiger partial charge in [-0.05, 0) is 36.6 Å². The van der Waals surface area contributed by atoms with Crippen LogP contribution in [-0.4, -0.2) is 21.7 Å². The minimum absolute atomic E-state index is 0.0218. The molecule has 1 aliphatic heterocycles. The molecular formula is C14H14BrNOS2. The van der Waals surface area contributed by atoms with Gasteiger partial charge in [0.25, 0.3) is 5.91 Å². The van der Waals surface area contributed by atoms with E-state index < -0.39 is 0 Å². The summed E-state index contributed by atoms with van der Waals surface area (Å²) in [4.78, 5) is 14.6. The summed E-state index contributed by atoms with van der Waals surface area (Å²) in [6.45, 7) is 4.77. The minimum atomic E-state index is 0.0218. The quantitative estimate of drug-likeness (QED) is 0.593. The van der Waals surface area contributed by atoms with Crippen molar-refractivity contribution < 1.29 is 4.79 Å². The van der Waals surface area contributed by atoms with Crippen LogP contribution in [0.5, 0.6) is 0 Å². The molecule has 5 heteroatoms. The van der Waals surface area contributed by atoms with E-state index in [0.29, 0.717) is 15.8 Å². The van der Waals surface area contributed by atoms with Crippen molar-refractivity contribution in [1.29, 1.82) is 0 Å². The molecule has 1 aliphatic rings. The molecule has 1 fully saturated rings. The van der Waals surface area contributed by atoms with Gasteiger partial charge in [-0.1, -0.05) is 59.0 Å². The summed E-state index contributed by atoms with van der Waals surface area (Å²) in [6, 6.07) is 6.05. The lowest BCUT2D eigenvalue weighted by Crippen LogP contribution is -2.28. The topological polar surface area (TPSA) is 20.3 Å². The average Bonchev–Trinajstić information content (AvgIpc) is 2.62. The number of halogens is 1. The molecule has 100 valence electrons. The molecule has 0 N–H and O–H groups in total. The molecule has 0 aromatic heterocycles. The molecule has 1 heterocycles. The Labute approximate surface area is 131 Å². The summed E-state index contributed by atoms with van der Waals surface area (Å²) in [7, 11) is 0. The highest BCUT2D eigenvalue weighted by molar-refractivity contribution is 9.10. The second kappa shape index (κ2) is 6.20. The van der Waals surface area contributed by atoms with Crippen LogP contribution in [0.3, 0.4) is 0 Å². The van der Waals surface area contributed by atoms with Crippen molar-refractivity contribution in [3.63, 3.8) is 0 Å². The third kappa shape index (κ3) is 3.27. The number of amides is 1. The van der Waals surface area contributed by atoms with Gasteiger partial charge >= 0.3 is 0 Å². The standard InChI is InChI=1S/C14H14BrNOS2/c1-3-6-16-13(17)12(19-14(16)18)8-10-5-4-9(2)11(15)7-10/h4-5,7-8H,3,6H2,1-2H3/b12-8-. The van der Waals surface area contributed by atoms with Crippen molar-refractivity contribution in [3.8, 4) is 0 Å². The predicted molar refractivity (Wildman–Crippen MR) is 89.0 cm³/mol. The van der Waals surface area contributed by atoms with Gasteiger partial charge < -0.3 is 0 Å². The van der Waals surface area contributed by atoms with Crippen molar-refractivity contribution in [2.24, 2.45) is 0 Å². The third-order valence-electron chi connectivity index (χ3n) is 2.81. The Hall–Kier alpha value is -0.650. The number of thioether (sulfide) groups is 1. The largest absolute Gasteiger partial charge is 0.293 e. The first kappa shape index (κ1) is 14.8. The molecule has 1 saturated heterocycles. The van der Waals surface area contributed by atoms with Crippen LogP contribution in [0.1, 0.15) is 24.5 Å². The molecule has 0 spiro atoms. The van der Waals surface area contributed by atoms with Crippen molar-refractivity contribution in [3.05, 3.63) is 38.7 Å². The van der Waals surface area contributed by atoms with Gasteiger partial charge in [-0.2, -0.15) is 0 Å². The maximum atomic E-state index is 12.2. The number of hydrogen-bond acceptors (Lipinski definition) is 3. The molecule has 2 rings (SSSR count). The maximum Gasteiger partial charge on any atom is 0.266 e. The first-order chi connectivity index (χ1) is 9.02. The molecule has 0 bridgehead atoms. The lowest BCUT2D eigenvalue weighted by atomic mass is 10.1. The highest BCUT2D eigenvalue weighted by Crippen LogP contribution is 2.33. The molecule has 2 nitrogen and oxygen atoms in total. The highest BCUT2D eigenvalue weighted by Gasteiger charge is 2.31. The maximum absolute atomic E-state index is 12.2. The van der Waals surface area contributed by atoms with E-state index in [0.717, 1.165) is 16.5 Å². The van der Waals surface area contributed by atoms with Crippen LogP contribution in [0.15, 0.2) is 27.6 Å². The molecule has 0 atom stereocenters. The van der Waals surface area contributed by atoms with Gasteiger partial charge in [0.1, 0.15) is 4.32 Å². The number of thiocarbonyl (C=S) groups is 1. The molecule has 0 saturated carbocycles. The molecular weight excluding hydrogens is 342 g/mol. The van der Waals surface area contributed by atoms with E-state index in [-0.39, 0.29) is 5.91 Å². The third-order valence-corrected chi connectivity index (χ3v) is 5.05. The van der Waals surface area contributed by atoms with E-state index in [4.69, 9.17) is 12.2 Å². The summed E-state index contributed by atoms with van der Waals surface area (Å²) in [5, 5.41) is 0. The minimum Gasteiger partial charge on any atom is -0.293 e. The summed E-state index contributed by atoms with van der Waals surface area (Å²) in [6.07, 6.45) is 2.81. The van der Waals surface area contributed by atoms with E-state index in [2.05, 4.69) is 15.9 Å². The Bertz CT molecular complexity index is 569. The predicted octanol–water partition coefficient (Wildman–Crippen LogP) is 4.37. The van der Waals surface area contributed by atoms with Crippen molar-refractivity contribution in [2.75, 3.05) is 6.54 Å². The van der Waals surface area contributed by atoms with E-state index in [1.54, 1.807) is 4.90 Å². The normalized spacial score (nSPS) is 17.6. The van der Waals surface area contributed by atoms with Crippen molar-refractivity contribution >= 4 is 56.2 Å². The van der Waals surface area contributed by atoms with Crippen LogP contribution in [0.25, 0.3) is 6.08 Å². The van der Waals surface area contributed by atoms with Crippen LogP contribution in [-0.2, 0) is 4.79 Å². The smallest absolute Gasteiger partial charge is 0.266 e. The Morgan fingerprint density at radius 2 is 2.21 bits per heavy atom. The number of carbonyl (C=O) groups excluding carboxylic acids is 1.